The maximum Gasteiger partial charge on any atom is 0.226 e. The molecule has 0 aromatic carbocycles. The van der Waals surface area contributed by atoms with Crippen molar-refractivity contribution < 1.29 is 9.53 Å². The van der Waals surface area contributed by atoms with Crippen molar-refractivity contribution in [2.75, 3.05) is 32.7 Å². The Kier molecular flexibility index (Phi) is 5.40. The molecular weight excluding hydrogens is 214 g/mol. The summed E-state index contributed by atoms with van der Waals surface area (Å²) < 4.78 is 5.12. The van der Waals surface area contributed by atoms with Crippen molar-refractivity contribution in [3.63, 3.8) is 0 Å². The van der Waals surface area contributed by atoms with Gasteiger partial charge in [0.25, 0.3) is 0 Å². The molecule has 1 rings (SSSR count). The Balaban J connectivity index is 2.33. The first kappa shape index (κ1) is 12.8. The van der Waals surface area contributed by atoms with Gasteiger partial charge in [0.1, 0.15) is 0 Å². The van der Waals surface area contributed by atoms with Crippen LogP contribution in [0.4, 0.5) is 0 Å². The zero-order valence-corrected chi connectivity index (χ0v) is 10.3. The van der Waals surface area contributed by atoms with Crippen LogP contribution in [0.25, 0.3) is 0 Å². The van der Waals surface area contributed by atoms with Gasteiger partial charge >= 0.3 is 0 Å². The van der Waals surface area contributed by atoms with Gasteiger partial charge in [0, 0.05) is 38.6 Å². The first-order valence-electron chi connectivity index (χ1n) is 5.52. The zero-order chi connectivity index (χ0) is 11.3. The molecule has 0 radical (unpaired) electrons. The van der Waals surface area contributed by atoms with Crippen LogP contribution in [0.2, 0.25) is 0 Å². The second-order valence-electron chi connectivity index (χ2n) is 4.28. The molecule has 1 unspecified atom stereocenters. The molecule has 3 nitrogen and oxygen atoms in total. The largest absolute Gasteiger partial charge is 0.384 e. The van der Waals surface area contributed by atoms with E-state index in [1.54, 1.807) is 7.11 Å². The van der Waals surface area contributed by atoms with E-state index in [2.05, 4.69) is 0 Å². The molecule has 1 aliphatic heterocycles. The van der Waals surface area contributed by atoms with Crippen LogP contribution in [0.3, 0.4) is 0 Å². The first-order chi connectivity index (χ1) is 7.19. The molecule has 0 aromatic heterocycles. The van der Waals surface area contributed by atoms with E-state index in [4.69, 9.17) is 16.3 Å². The van der Waals surface area contributed by atoms with Crippen LogP contribution in [0.15, 0.2) is 0 Å². The van der Waals surface area contributed by atoms with Crippen molar-refractivity contribution in [1.82, 2.24) is 4.90 Å². The number of hydrogen-bond donors (Lipinski definition) is 0. The Bertz CT molecular complexity index is 203. The van der Waals surface area contributed by atoms with Crippen molar-refractivity contribution in [3.05, 3.63) is 0 Å². The highest BCUT2D eigenvalue weighted by Crippen LogP contribution is 2.19. The number of nitrogens with zero attached hydrogens (tertiary/aromatic N) is 1. The van der Waals surface area contributed by atoms with Crippen LogP contribution >= 0.6 is 11.6 Å². The summed E-state index contributed by atoms with van der Waals surface area (Å²) in [5.74, 6) is 1.17. The molecule has 1 fully saturated rings. The van der Waals surface area contributed by atoms with Crippen LogP contribution in [0, 0.1) is 11.8 Å². The number of halogens is 1. The van der Waals surface area contributed by atoms with Gasteiger partial charge in [-0.1, -0.05) is 6.92 Å². The molecule has 0 bridgehead atoms. The fourth-order valence-corrected chi connectivity index (χ4v) is 2.07. The van der Waals surface area contributed by atoms with Gasteiger partial charge in [0.15, 0.2) is 0 Å². The molecule has 0 aliphatic carbocycles. The van der Waals surface area contributed by atoms with Crippen LogP contribution in [-0.4, -0.2) is 43.5 Å². The molecule has 0 saturated carbocycles. The van der Waals surface area contributed by atoms with E-state index in [0.717, 1.165) is 32.5 Å². The molecule has 1 saturated heterocycles. The minimum atomic E-state index is -0.0503. The minimum absolute atomic E-state index is 0.0503. The summed E-state index contributed by atoms with van der Waals surface area (Å²) in [6.07, 6.45) is 2.10. The number of carbonyl (C=O) groups excluding carboxylic acids is 1. The summed E-state index contributed by atoms with van der Waals surface area (Å²) in [5, 5.41) is 0. The predicted molar refractivity (Wildman–Crippen MR) is 61.1 cm³/mol. The number of piperidine rings is 1. The summed E-state index contributed by atoms with van der Waals surface area (Å²) in [5.41, 5.74) is 0. The third kappa shape index (κ3) is 3.65. The Hall–Kier alpha value is -0.280. The summed E-state index contributed by atoms with van der Waals surface area (Å²) in [6, 6.07) is 0. The zero-order valence-electron chi connectivity index (χ0n) is 9.54. The topological polar surface area (TPSA) is 29.5 Å². The van der Waals surface area contributed by atoms with E-state index in [9.17, 15) is 4.79 Å². The molecule has 1 heterocycles. The number of amides is 1. The highest BCUT2D eigenvalue weighted by molar-refractivity contribution is 6.19. The van der Waals surface area contributed by atoms with Crippen LogP contribution in [0.1, 0.15) is 19.8 Å². The van der Waals surface area contributed by atoms with Crippen molar-refractivity contribution in [1.29, 1.82) is 0 Å². The third-order valence-electron chi connectivity index (χ3n) is 2.98. The van der Waals surface area contributed by atoms with Crippen molar-refractivity contribution in [3.8, 4) is 0 Å². The van der Waals surface area contributed by atoms with Gasteiger partial charge in [0.2, 0.25) is 5.91 Å². The normalized spacial score (nSPS) is 20.3. The highest BCUT2D eigenvalue weighted by Gasteiger charge is 2.25. The van der Waals surface area contributed by atoms with E-state index in [0.29, 0.717) is 11.8 Å². The van der Waals surface area contributed by atoms with Gasteiger partial charge in [-0.2, -0.15) is 0 Å². The lowest BCUT2D eigenvalue weighted by molar-refractivity contribution is -0.135. The smallest absolute Gasteiger partial charge is 0.226 e. The Labute approximate surface area is 96.7 Å². The van der Waals surface area contributed by atoms with E-state index in [-0.39, 0.29) is 11.8 Å². The second kappa shape index (κ2) is 6.33. The molecule has 1 atom stereocenters. The maximum atomic E-state index is 11.8. The van der Waals surface area contributed by atoms with Gasteiger partial charge in [-0.3, -0.25) is 4.79 Å². The maximum absolute atomic E-state index is 11.8. The van der Waals surface area contributed by atoms with Gasteiger partial charge in [0.05, 0.1) is 0 Å². The lowest BCUT2D eigenvalue weighted by Gasteiger charge is -2.33. The summed E-state index contributed by atoms with van der Waals surface area (Å²) in [7, 11) is 1.73. The van der Waals surface area contributed by atoms with Gasteiger partial charge in [-0.05, 0) is 18.8 Å². The number of ether oxygens (including phenoxy) is 1. The number of rotatable bonds is 4. The Morgan fingerprint density at radius 3 is 2.60 bits per heavy atom. The number of likely N-dealkylation sites (tertiary alicyclic amines) is 1. The summed E-state index contributed by atoms with van der Waals surface area (Å²) >= 11 is 5.68. The fraction of sp³-hybridized carbons (Fsp3) is 0.909. The van der Waals surface area contributed by atoms with E-state index < -0.39 is 0 Å². The lowest BCUT2D eigenvalue weighted by atomic mass is 9.97. The molecule has 1 aliphatic rings. The standard InChI is InChI=1S/C11H20ClNO2/c1-9(7-12)11(14)13-5-3-10(4-6-13)8-15-2/h9-10H,3-8H2,1-2H3. The highest BCUT2D eigenvalue weighted by atomic mass is 35.5. The lowest BCUT2D eigenvalue weighted by Crippen LogP contribution is -2.42. The third-order valence-corrected chi connectivity index (χ3v) is 3.44. The molecule has 1 amide bonds. The summed E-state index contributed by atoms with van der Waals surface area (Å²) in [6.45, 7) is 4.41. The van der Waals surface area contributed by atoms with E-state index in [1.165, 1.54) is 0 Å². The number of alkyl halides is 1. The van der Waals surface area contributed by atoms with E-state index >= 15 is 0 Å². The van der Waals surface area contributed by atoms with Crippen molar-refractivity contribution in [2.45, 2.75) is 19.8 Å². The first-order valence-corrected chi connectivity index (χ1v) is 6.06. The predicted octanol–water partition coefficient (Wildman–Crippen LogP) is 1.75. The molecule has 0 N–H and O–H groups in total. The molecule has 88 valence electrons. The quantitative estimate of drug-likeness (QED) is 0.693. The average Bonchev–Trinajstić information content (AvgIpc) is 2.28. The Morgan fingerprint density at radius 1 is 1.53 bits per heavy atom. The van der Waals surface area contributed by atoms with Crippen molar-refractivity contribution >= 4 is 17.5 Å². The fourth-order valence-electron chi connectivity index (χ4n) is 1.93. The van der Waals surface area contributed by atoms with Gasteiger partial charge in [-0.15, -0.1) is 11.6 Å². The molecule has 4 heteroatoms. The minimum Gasteiger partial charge on any atom is -0.384 e. The number of carbonyl (C=O) groups is 1. The van der Waals surface area contributed by atoms with Crippen LogP contribution in [0.5, 0.6) is 0 Å². The van der Waals surface area contributed by atoms with E-state index in [1.807, 2.05) is 11.8 Å². The monoisotopic (exact) mass is 233 g/mol. The average molecular weight is 234 g/mol. The summed E-state index contributed by atoms with van der Waals surface area (Å²) in [4.78, 5) is 13.7. The molecule has 15 heavy (non-hydrogen) atoms. The molecule has 0 spiro atoms. The van der Waals surface area contributed by atoms with Crippen molar-refractivity contribution in [2.24, 2.45) is 11.8 Å². The number of hydrogen-bond acceptors (Lipinski definition) is 2. The van der Waals surface area contributed by atoms with Crippen LogP contribution < -0.4 is 0 Å². The molecular formula is C11H20ClNO2. The van der Waals surface area contributed by atoms with Gasteiger partial charge in [-0.25, -0.2) is 0 Å². The van der Waals surface area contributed by atoms with Crippen LogP contribution in [-0.2, 0) is 9.53 Å². The Morgan fingerprint density at radius 2 is 2.13 bits per heavy atom. The second-order valence-corrected chi connectivity index (χ2v) is 4.59. The number of methoxy groups -OCH3 is 1. The van der Waals surface area contributed by atoms with Gasteiger partial charge < -0.3 is 9.64 Å². The SMILES string of the molecule is COCC1CCN(C(=O)C(C)CCl)CC1. The molecule has 0 aromatic rings.